The molecule has 0 saturated heterocycles. The molecular formula is C17H19N5O6S. The van der Waals surface area contributed by atoms with Gasteiger partial charge in [-0.2, -0.15) is 8.42 Å². The SMILES string of the molecule is Cc1ccc(S(=O)(=O)OCC(CO)n2cc(Cn3cccc3[N+](=O)[O-])nn2)cc1. The third-order valence-electron chi connectivity index (χ3n) is 4.19. The molecule has 0 fully saturated rings. The van der Waals surface area contributed by atoms with Gasteiger partial charge in [-0.05, 0) is 30.0 Å². The van der Waals surface area contributed by atoms with E-state index in [-0.39, 0.29) is 23.9 Å². The Bertz CT molecular complexity index is 1090. The van der Waals surface area contributed by atoms with Crippen molar-refractivity contribution in [1.82, 2.24) is 19.6 Å². The van der Waals surface area contributed by atoms with E-state index in [9.17, 15) is 23.6 Å². The molecule has 12 heteroatoms. The number of hydrogen-bond acceptors (Lipinski definition) is 8. The summed E-state index contributed by atoms with van der Waals surface area (Å²) < 4.78 is 32.3. The zero-order valence-corrected chi connectivity index (χ0v) is 16.3. The van der Waals surface area contributed by atoms with Crippen molar-refractivity contribution < 1.29 is 22.6 Å². The first kappa shape index (κ1) is 20.6. The zero-order valence-electron chi connectivity index (χ0n) is 15.5. The fourth-order valence-corrected chi connectivity index (χ4v) is 3.54. The predicted octanol–water partition coefficient (Wildman–Crippen LogP) is 1.28. The molecule has 154 valence electrons. The molecule has 0 radical (unpaired) electrons. The lowest BCUT2D eigenvalue weighted by Crippen LogP contribution is -2.22. The van der Waals surface area contributed by atoms with Gasteiger partial charge in [0.15, 0.2) is 0 Å². The van der Waals surface area contributed by atoms with Gasteiger partial charge in [0.1, 0.15) is 18.3 Å². The third kappa shape index (κ3) is 4.85. The van der Waals surface area contributed by atoms with E-state index in [4.69, 9.17) is 4.18 Å². The molecule has 1 N–H and O–H groups in total. The Morgan fingerprint density at radius 2 is 2.00 bits per heavy atom. The van der Waals surface area contributed by atoms with Crippen molar-refractivity contribution in [3.63, 3.8) is 0 Å². The first-order valence-electron chi connectivity index (χ1n) is 8.57. The first-order valence-corrected chi connectivity index (χ1v) is 9.98. The molecule has 1 aromatic carbocycles. The van der Waals surface area contributed by atoms with Gasteiger partial charge in [0, 0.05) is 6.07 Å². The maximum atomic E-state index is 12.3. The number of aliphatic hydroxyl groups is 1. The van der Waals surface area contributed by atoms with Crippen LogP contribution in [0.2, 0.25) is 0 Å². The summed E-state index contributed by atoms with van der Waals surface area (Å²) in [4.78, 5) is 10.5. The quantitative estimate of drug-likeness (QED) is 0.309. The van der Waals surface area contributed by atoms with Crippen LogP contribution in [0.15, 0.2) is 53.7 Å². The largest absolute Gasteiger partial charge is 0.394 e. The molecule has 0 amide bonds. The van der Waals surface area contributed by atoms with Crippen LogP contribution in [-0.4, -0.2) is 51.2 Å². The summed E-state index contributed by atoms with van der Waals surface area (Å²) in [5.74, 6) is -0.0919. The number of aryl methyl sites for hydroxylation is 1. The molecule has 0 spiro atoms. The molecule has 3 aromatic rings. The van der Waals surface area contributed by atoms with Gasteiger partial charge >= 0.3 is 5.82 Å². The average Bonchev–Trinajstić information content (AvgIpc) is 3.33. The van der Waals surface area contributed by atoms with Crippen molar-refractivity contribution >= 4 is 15.9 Å². The van der Waals surface area contributed by atoms with Crippen molar-refractivity contribution in [2.24, 2.45) is 0 Å². The van der Waals surface area contributed by atoms with Gasteiger partial charge in [0.25, 0.3) is 10.1 Å². The number of rotatable bonds is 9. The monoisotopic (exact) mass is 421 g/mol. The van der Waals surface area contributed by atoms with Crippen LogP contribution in [0.4, 0.5) is 5.82 Å². The maximum absolute atomic E-state index is 12.3. The van der Waals surface area contributed by atoms with Crippen LogP contribution in [0.25, 0.3) is 0 Å². The van der Waals surface area contributed by atoms with E-state index in [2.05, 4.69) is 10.3 Å². The highest BCUT2D eigenvalue weighted by molar-refractivity contribution is 7.86. The molecular weight excluding hydrogens is 402 g/mol. The van der Waals surface area contributed by atoms with Crippen LogP contribution in [-0.2, 0) is 20.8 Å². The lowest BCUT2D eigenvalue weighted by atomic mass is 10.2. The van der Waals surface area contributed by atoms with Gasteiger partial charge in [0.2, 0.25) is 0 Å². The van der Waals surface area contributed by atoms with Crippen LogP contribution < -0.4 is 0 Å². The molecule has 3 rings (SSSR count). The third-order valence-corrected chi connectivity index (χ3v) is 5.49. The van der Waals surface area contributed by atoms with E-state index < -0.39 is 27.7 Å². The zero-order chi connectivity index (χ0) is 21.0. The summed E-state index contributed by atoms with van der Waals surface area (Å²) in [6.07, 6.45) is 3.02. The number of hydrogen-bond donors (Lipinski definition) is 1. The van der Waals surface area contributed by atoms with Crippen LogP contribution in [0.5, 0.6) is 0 Å². The molecule has 0 aliphatic heterocycles. The summed E-state index contributed by atoms with van der Waals surface area (Å²) >= 11 is 0. The Labute approximate surface area is 166 Å². The second-order valence-electron chi connectivity index (χ2n) is 6.33. The number of aromatic nitrogens is 4. The number of nitro groups is 1. The molecule has 2 aromatic heterocycles. The van der Waals surface area contributed by atoms with Gasteiger partial charge in [0.05, 0.1) is 30.5 Å². The normalized spacial score (nSPS) is 12.8. The smallest absolute Gasteiger partial charge is 0.323 e. The summed E-state index contributed by atoms with van der Waals surface area (Å²) in [5.41, 5.74) is 1.32. The number of benzene rings is 1. The number of nitrogens with zero attached hydrogens (tertiary/aromatic N) is 5. The minimum atomic E-state index is -3.99. The second kappa shape index (κ2) is 8.51. The molecule has 0 aliphatic carbocycles. The summed E-state index contributed by atoms with van der Waals surface area (Å²) in [6.45, 7) is 1.16. The number of aliphatic hydroxyl groups excluding tert-OH is 1. The van der Waals surface area contributed by atoms with Gasteiger partial charge in [-0.1, -0.05) is 22.9 Å². The van der Waals surface area contributed by atoms with Gasteiger partial charge in [-0.25, -0.2) is 9.25 Å². The van der Waals surface area contributed by atoms with Crippen molar-refractivity contribution in [3.8, 4) is 0 Å². The van der Waals surface area contributed by atoms with Crippen LogP contribution in [0.1, 0.15) is 17.3 Å². The second-order valence-corrected chi connectivity index (χ2v) is 7.94. The molecule has 11 nitrogen and oxygen atoms in total. The fourth-order valence-electron chi connectivity index (χ4n) is 2.60. The van der Waals surface area contributed by atoms with E-state index in [1.165, 1.54) is 39.8 Å². The average molecular weight is 421 g/mol. The molecule has 0 saturated carbocycles. The Morgan fingerprint density at radius 1 is 1.28 bits per heavy atom. The molecule has 0 aliphatic rings. The topological polar surface area (TPSA) is 142 Å². The summed E-state index contributed by atoms with van der Waals surface area (Å²) in [6, 6.07) is 8.31. The Balaban J connectivity index is 1.68. The highest BCUT2D eigenvalue weighted by Crippen LogP contribution is 2.17. The minimum Gasteiger partial charge on any atom is -0.394 e. The van der Waals surface area contributed by atoms with E-state index in [0.717, 1.165) is 5.56 Å². The van der Waals surface area contributed by atoms with Crippen LogP contribution in [0, 0.1) is 17.0 Å². The van der Waals surface area contributed by atoms with Crippen LogP contribution >= 0.6 is 0 Å². The molecule has 29 heavy (non-hydrogen) atoms. The van der Waals surface area contributed by atoms with E-state index >= 15 is 0 Å². The summed E-state index contributed by atoms with van der Waals surface area (Å²) in [7, 11) is -3.99. The van der Waals surface area contributed by atoms with Gasteiger partial charge in [-0.3, -0.25) is 4.18 Å². The summed E-state index contributed by atoms with van der Waals surface area (Å²) in [5, 5.41) is 28.4. The molecule has 2 heterocycles. The minimum absolute atomic E-state index is 0.0130. The fraction of sp³-hybridized carbons (Fsp3) is 0.294. The lowest BCUT2D eigenvalue weighted by molar-refractivity contribution is -0.391. The van der Waals surface area contributed by atoms with Gasteiger partial charge < -0.3 is 15.2 Å². The predicted molar refractivity (Wildman–Crippen MR) is 101 cm³/mol. The van der Waals surface area contributed by atoms with E-state index in [1.807, 2.05) is 6.92 Å². The van der Waals surface area contributed by atoms with Crippen molar-refractivity contribution in [2.75, 3.05) is 13.2 Å². The molecule has 1 unspecified atom stereocenters. The van der Waals surface area contributed by atoms with Crippen molar-refractivity contribution in [3.05, 3.63) is 70.2 Å². The molecule has 1 atom stereocenters. The van der Waals surface area contributed by atoms with Gasteiger partial charge in [-0.15, -0.1) is 5.10 Å². The highest BCUT2D eigenvalue weighted by Gasteiger charge is 2.21. The molecule has 0 bridgehead atoms. The highest BCUT2D eigenvalue weighted by atomic mass is 32.2. The standard InChI is InChI=1S/C17H19N5O6S/c1-13-4-6-16(7-5-13)29(26,27)28-12-15(11-23)21-10-14(18-19-21)9-20-8-2-3-17(20)22(24)25/h2-8,10,15,23H,9,11-12H2,1H3. The van der Waals surface area contributed by atoms with Crippen molar-refractivity contribution in [2.45, 2.75) is 24.4 Å². The first-order chi connectivity index (χ1) is 13.8. The Kier molecular flexibility index (Phi) is 6.06. The van der Waals surface area contributed by atoms with Crippen molar-refractivity contribution in [1.29, 1.82) is 0 Å². The maximum Gasteiger partial charge on any atom is 0.323 e. The van der Waals surface area contributed by atoms with E-state index in [1.54, 1.807) is 18.2 Å². The van der Waals surface area contributed by atoms with Crippen LogP contribution in [0.3, 0.4) is 0 Å². The Morgan fingerprint density at radius 3 is 2.66 bits per heavy atom. The lowest BCUT2D eigenvalue weighted by Gasteiger charge is -2.14. The Hall–Kier alpha value is -3.09. The van der Waals surface area contributed by atoms with E-state index in [0.29, 0.717) is 5.69 Å².